The highest BCUT2D eigenvalue weighted by molar-refractivity contribution is 8.00. The number of hydrogen-bond donors (Lipinski definition) is 1. The Balaban J connectivity index is 1.43. The minimum absolute atomic E-state index is 0.00293. The topological polar surface area (TPSA) is 49.4 Å². The lowest BCUT2D eigenvalue weighted by atomic mass is 9.95. The molecular formula is C23H26N2O2S. The molecule has 5 heteroatoms. The average molecular weight is 395 g/mol. The Morgan fingerprint density at radius 2 is 1.71 bits per heavy atom. The number of rotatable bonds is 5. The third-order valence-corrected chi connectivity index (χ3v) is 6.82. The first-order valence-corrected chi connectivity index (χ1v) is 11.1. The molecule has 0 aromatic heterocycles. The van der Waals surface area contributed by atoms with Crippen LogP contribution < -0.4 is 5.32 Å². The molecule has 2 aromatic carbocycles. The number of hydrogen-bond acceptors (Lipinski definition) is 3. The maximum absolute atomic E-state index is 12.5. The van der Waals surface area contributed by atoms with Gasteiger partial charge in [0.15, 0.2) is 0 Å². The summed E-state index contributed by atoms with van der Waals surface area (Å²) in [7, 11) is 0. The van der Waals surface area contributed by atoms with Crippen molar-refractivity contribution in [2.45, 2.75) is 50.1 Å². The van der Waals surface area contributed by atoms with Gasteiger partial charge in [0.05, 0.1) is 5.75 Å². The molecule has 0 radical (unpaired) electrons. The molecule has 0 bridgehead atoms. The summed E-state index contributed by atoms with van der Waals surface area (Å²) in [5.74, 6) is 0.675. The van der Waals surface area contributed by atoms with Crippen molar-refractivity contribution in [3.05, 3.63) is 71.3 Å². The van der Waals surface area contributed by atoms with Gasteiger partial charge >= 0.3 is 0 Å². The van der Waals surface area contributed by atoms with E-state index >= 15 is 0 Å². The molecule has 28 heavy (non-hydrogen) atoms. The fraction of sp³-hybridized carbons (Fsp3) is 0.391. The first kappa shape index (κ1) is 19.1. The third-order valence-electron chi connectivity index (χ3n) is 5.56. The predicted molar refractivity (Wildman–Crippen MR) is 113 cm³/mol. The number of nitrogens with zero attached hydrogens (tertiary/aromatic N) is 1. The quantitative estimate of drug-likeness (QED) is 0.811. The van der Waals surface area contributed by atoms with Crippen LogP contribution in [0.2, 0.25) is 0 Å². The van der Waals surface area contributed by atoms with E-state index in [1.165, 1.54) is 19.3 Å². The minimum Gasteiger partial charge on any atom is -0.349 e. The normalized spacial score (nSPS) is 20.4. The molecule has 146 valence electrons. The maximum atomic E-state index is 12.5. The zero-order chi connectivity index (χ0) is 19.3. The Kier molecular flexibility index (Phi) is 6.01. The molecule has 1 heterocycles. The molecule has 1 saturated heterocycles. The van der Waals surface area contributed by atoms with E-state index in [4.69, 9.17) is 0 Å². The van der Waals surface area contributed by atoms with Gasteiger partial charge in [-0.1, -0.05) is 61.7 Å². The number of carbonyl (C=O) groups excluding carboxylic acids is 2. The Bertz CT molecular complexity index is 816. The zero-order valence-corrected chi connectivity index (χ0v) is 16.8. The van der Waals surface area contributed by atoms with E-state index in [-0.39, 0.29) is 17.2 Å². The van der Waals surface area contributed by atoms with Crippen LogP contribution in [-0.4, -0.2) is 28.5 Å². The molecule has 4 rings (SSSR count). The van der Waals surface area contributed by atoms with Gasteiger partial charge < -0.3 is 10.2 Å². The van der Waals surface area contributed by atoms with Gasteiger partial charge in [-0.05, 0) is 36.1 Å². The van der Waals surface area contributed by atoms with Crippen LogP contribution in [0.1, 0.15) is 59.0 Å². The summed E-state index contributed by atoms with van der Waals surface area (Å²) < 4.78 is 0. The smallest absolute Gasteiger partial charge is 0.251 e. The van der Waals surface area contributed by atoms with Crippen molar-refractivity contribution in [1.82, 2.24) is 10.2 Å². The van der Waals surface area contributed by atoms with Crippen LogP contribution in [0.15, 0.2) is 54.6 Å². The molecule has 1 unspecified atom stereocenters. The van der Waals surface area contributed by atoms with E-state index < -0.39 is 0 Å². The molecule has 2 aromatic rings. The van der Waals surface area contributed by atoms with Gasteiger partial charge in [0.2, 0.25) is 5.91 Å². The molecule has 4 nitrogen and oxygen atoms in total. The van der Waals surface area contributed by atoms with Crippen molar-refractivity contribution in [3.63, 3.8) is 0 Å². The van der Waals surface area contributed by atoms with Crippen LogP contribution in [0.3, 0.4) is 0 Å². The van der Waals surface area contributed by atoms with Crippen LogP contribution in [0, 0.1) is 0 Å². The van der Waals surface area contributed by atoms with Crippen molar-refractivity contribution in [3.8, 4) is 0 Å². The summed E-state index contributed by atoms with van der Waals surface area (Å²) in [4.78, 5) is 26.8. The fourth-order valence-corrected chi connectivity index (χ4v) is 5.18. The second-order valence-electron chi connectivity index (χ2n) is 7.60. The number of benzene rings is 2. The van der Waals surface area contributed by atoms with Gasteiger partial charge in [-0.15, -0.1) is 11.8 Å². The lowest BCUT2D eigenvalue weighted by Crippen LogP contribution is -2.36. The predicted octanol–water partition coefficient (Wildman–Crippen LogP) is 4.52. The lowest BCUT2D eigenvalue weighted by Gasteiger charge is -2.25. The average Bonchev–Trinajstić information content (AvgIpc) is 3.10. The van der Waals surface area contributed by atoms with E-state index in [0.29, 0.717) is 23.9 Å². The SMILES string of the molecule is O=C(NC1CCCCC1)c1ccc(C2SCC(=O)N2Cc2ccccc2)cc1. The van der Waals surface area contributed by atoms with Crippen LogP contribution in [0.25, 0.3) is 0 Å². The van der Waals surface area contributed by atoms with Gasteiger partial charge in [0, 0.05) is 18.2 Å². The molecule has 1 saturated carbocycles. The summed E-state index contributed by atoms with van der Waals surface area (Å²) in [5, 5.41) is 3.17. The molecule has 1 aliphatic heterocycles. The molecule has 2 fully saturated rings. The summed E-state index contributed by atoms with van der Waals surface area (Å²) in [6.45, 7) is 0.612. The first-order chi connectivity index (χ1) is 13.7. The van der Waals surface area contributed by atoms with Crippen LogP contribution in [0.5, 0.6) is 0 Å². The Morgan fingerprint density at radius 1 is 1.00 bits per heavy atom. The zero-order valence-electron chi connectivity index (χ0n) is 16.0. The molecular weight excluding hydrogens is 368 g/mol. The molecule has 1 N–H and O–H groups in total. The lowest BCUT2D eigenvalue weighted by molar-refractivity contribution is -0.128. The van der Waals surface area contributed by atoms with Crippen molar-refractivity contribution in [1.29, 1.82) is 0 Å². The van der Waals surface area contributed by atoms with Crippen LogP contribution in [0.4, 0.5) is 0 Å². The van der Waals surface area contributed by atoms with E-state index in [9.17, 15) is 9.59 Å². The summed E-state index contributed by atoms with van der Waals surface area (Å²) in [6.07, 6.45) is 5.85. The van der Waals surface area contributed by atoms with Crippen molar-refractivity contribution >= 4 is 23.6 Å². The monoisotopic (exact) mass is 394 g/mol. The molecule has 1 aliphatic carbocycles. The van der Waals surface area contributed by atoms with Gasteiger partial charge in [-0.3, -0.25) is 9.59 Å². The first-order valence-electron chi connectivity index (χ1n) is 10.1. The summed E-state index contributed by atoms with van der Waals surface area (Å²) >= 11 is 1.65. The van der Waals surface area contributed by atoms with E-state index in [0.717, 1.165) is 24.0 Å². The second-order valence-corrected chi connectivity index (χ2v) is 8.67. The maximum Gasteiger partial charge on any atom is 0.251 e. The largest absolute Gasteiger partial charge is 0.349 e. The summed E-state index contributed by atoms with van der Waals surface area (Å²) in [5.41, 5.74) is 2.89. The number of nitrogens with one attached hydrogen (secondary N) is 1. The number of amides is 2. The second kappa shape index (κ2) is 8.82. The highest BCUT2D eigenvalue weighted by Crippen LogP contribution is 2.39. The Hall–Kier alpha value is -2.27. The number of carbonyl (C=O) groups is 2. The minimum atomic E-state index is 0.00293. The highest BCUT2D eigenvalue weighted by atomic mass is 32.2. The Labute approximate surface area is 170 Å². The highest BCUT2D eigenvalue weighted by Gasteiger charge is 2.32. The van der Waals surface area contributed by atoms with Crippen molar-refractivity contribution < 1.29 is 9.59 Å². The molecule has 2 amide bonds. The molecule has 2 aliphatic rings. The third kappa shape index (κ3) is 4.41. The fourth-order valence-electron chi connectivity index (χ4n) is 4.00. The van der Waals surface area contributed by atoms with Gasteiger partial charge in [-0.2, -0.15) is 0 Å². The molecule has 1 atom stereocenters. The standard InChI is InChI=1S/C23H26N2O2S/c26-21-16-28-23(25(21)15-17-7-3-1-4-8-17)19-13-11-18(12-14-19)22(27)24-20-9-5-2-6-10-20/h1,3-4,7-8,11-14,20,23H,2,5-6,9-10,15-16H2,(H,24,27). The van der Waals surface area contributed by atoms with Crippen LogP contribution >= 0.6 is 11.8 Å². The van der Waals surface area contributed by atoms with Crippen molar-refractivity contribution in [2.24, 2.45) is 0 Å². The van der Waals surface area contributed by atoms with Crippen molar-refractivity contribution in [2.75, 3.05) is 5.75 Å². The van der Waals surface area contributed by atoms with Crippen LogP contribution in [-0.2, 0) is 11.3 Å². The van der Waals surface area contributed by atoms with Gasteiger partial charge in [0.25, 0.3) is 5.91 Å². The Morgan fingerprint density at radius 3 is 2.43 bits per heavy atom. The number of thioether (sulfide) groups is 1. The van der Waals surface area contributed by atoms with E-state index in [1.54, 1.807) is 11.8 Å². The molecule has 0 spiro atoms. The van der Waals surface area contributed by atoms with E-state index in [1.807, 2.05) is 59.5 Å². The summed E-state index contributed by atoms with van der Waals surface area (Å²) in [6, 6.07) is 18.1. The van der Waals surface area contributed by atoms with Gasteiger partial charge in [-0.25, -0.2) is 0 Å². The van der Waals surface area contributed by atoms with E-state index in [2.05, 4.69) is 5.32 Å². The van der Waals surface area contributed by atoms with Gasteiger partial charge in [0.1, 0.15) is 5.37 Å².